The molecule has 0 N–H and O–H groups in total. The van der Waals surface area contributed by atoms with Crippen LogP contribution in [0.5, 0.6) is 11.5 Å². The molecule has 0 aliphatic carbocycles. The molecule has 4 aromatic rings. The lowest BCUT2D eigenvalue weighted by Gasteiger charge is -2.17. The van der Waals surface area contributed by atoms with Gasteiger partial charge < -0.3 is 14.2 Å². The fourth-order valence-corrected chi connectivity index (χ4v) is 4.19. The third-order valence-electron chi connectivity index (χ3n) is 6.26. The van der Waals surface area contributed by atoms with Crippen LogP contribution in [0.3, 0.4) is 0 Å². The van der Waals surface area contributed by atoms with Crippen LogP contribution in [0.1, 0.15) is 43.4 Å². The normalized spacial score (nSPS) is 12.2. The van der Waals surface area contributed by atoms with Gasteiger partial charge in [-0.1, -0.05) is 38.1 Å². The van der Waals surface area contributed by atoms with Gasteiger partial charge in [0.1, 0.15) is 11.5 Å². The topological polar surface area (TPSA) is 92.0 Å². The summed E-state index contributed by atoms with van der Waals surface area (Å²) in [7, 11) is 2.96. The molecule has 0 saturated heterocycles. The highest BCUT2D eigenvalue weighted by Gasteiger charge is 2.19. The van der Waals surface area contributed by atoms with Gasteiger partial charge in [-0.2, -0.15) is 9.78 Å². The van der Waals surface area contributed by atoms with Crippen LogP contribution in [-0.2, 0) is 9.53 Å². The van der Waals surface area contributed by atoms with E-state index in [0.717, 1.165) is 22.4 Å². The number of hydrogen-bond donors (Lipinski definition) is 0. The van der Waals surface area contributed by atoms with Gasteiger partial charge in [0, 0.05) is 11.1 Å². The maximum Gasteiger partial charge on any atom is 0.346 e. The van der Waals surface area contributed by atoms with Crippen LogP contribution in [0.2, 0.25) is 0 Å². The largest absolute Gasteiger partial charge is 0.496 e. The number of ether oxygens (including phenoxy) is 3. The quantitative estimate of drug-likeness (QED) is 0.234. The molecule has 3 aromatic carbocycles. The summed E-state index contributed by atoms with van der Waals surface area (Å²) in [6, 6.07) is 18.3. The second-order valence-corrected chi connectivity index (χ2v) is 9.20. The highest BCUT2D eigenvalue weighted by molar-refractivity contribution is 5.85. The summed E-state index contributed by atoms with van der Waals surface area (Å²) in [4.78, 5) is 30.4. The van der Waals surface area contributed by atoms with E-state index in [1.165, 1.54) is 18.0 Å². The number of rotatable bonds is 8. The van der Waals surface area contributed by atoms with Crippen LogP contribution in [0.15, 0.2) is 70.6 Å². The van der Waals surface area contributed by atoms with Gasteiger partial charge in [0.15, 0.2) is 11.9 Å². The van der Waals surface area contributed by atoms with Gasteiger partial charge in [-0.15, -0.1) is 0 Å². The second-order valence-electron chi connectivity index (χ2n) is 9.20. The summed E-state index contributed by atoms with van der Waals surface area (Å²) in [5.41, 5.74) is 3.54. The van der Waals surface area contributed by atoms with Crippen molar-refractivity contribution in [2.75, 3.05) is 14.2 Å². The molecule has 1 atom stereocenters. The second kappa shape index (κ2) is 11.3. The molecule has 8 nitrogen and oxygen atoms in total. The van der Waals surface area contributed by atoms with E-state index < -0.39 is 12.1 Å². The average Bonchev–Trinajstić information content (AvgIpc) is 2.92. The molecular formula is C30H31N3O5. The molecule has 1 aromatic heterocycles. The standard InChI is InChI=1S/C30H31N3O5/c1-18(2)23-16-24(19(3)15-27(23)36-5)28-32-25-13-9-8-12-22(25)29(34)33(28)31-17-21-11-7-10-14-26(21)38-20(4)30(35)37-6/h7-18,20H,1-6H3/t20-/m0/s1. The lowest BCUT2D eigenvalue weighted by Crippen LogP contribution is -2.25. The molecule has 0 aliphatic rings. The Kier molecular flexibility index (Phi) is 7.90. The number of hydrogen-bond acceptors (Lipinski definition) is 7. The molecule has 0 fully saturated rings. The van der Waals surface area contributed by atoms with Gasteiger partial charge in [-0.3, -0.25) is 4.79 Å². The van der Waals surface area contributed by atoms with Crippen molar-refractivity contribution >= 4 is 23.1 Å². The maximum absolute atomic E-state index is 13.7. The Morgan fingerprint density at radius 3 is 2.42 bits per heavy atom. The first-order chi connectivity index (χ1) is 18.2. The zero-order valence-electron chi connectivity index (χ0n) is 22.4. The van der Waals surface area contributed by atoms with Crippen molar-refractivity contribution in [2.24, 2.45) is 5.10 Å². The fourth-order valence-electron chi connectivity index (χ4n) is 4.19. The van der Waals surface area contributed by atoms with Crippen molar-refractivity contribution in [3.63, 3.8) is 0 Å². The zero-order chi connectivity index (χ0) is 27.4. The molecule has 1 heterocycles. The molecule has 196 valence electrons. The summed E-state index contributed by atoms with van der Waals surface area (Å²) < 4.78 is 17.5. The average molecular weight is 514 g/mol. The number of methoxy groups -OCH3 is 2. The number of para-hydroxylation sites is 2. The Bertz CT molecular complexity index is 1570. The molecule has 0 amide bonds. The molecule has 8 heteroatoms. The minimum atomic E-state index is -0.813. The van der Waals surface area contributed by atoms with E-state index in [2.05, 4.69) is 18.9 Å². The number of carbonyl (C=O) groups excluding carboxylic acids is 1. The van der Waals surface area contributed by atoms with E-state index in [9.17, 15) is 9.59 Å². The Morgan fingerprint density at radius 2 is 1.71 bits per heavy atom. The first kappa shape index (κ1) is 26.6. The zero-order valence-corrected chi connectivity index (χ0v) is 22.4. The molecule has 0 radical (unpaired) electrons. The molecular weight excluding hydrogens is 482 g/mol. The van der Waals surface area contributed by atoms with E-state index in [0.29, 0.717) is 28.0 Å². The van der Waals surface area contributed by atoms with Crippen LogP contribution in [0.4, 0.5) is 0 Å². The van der Waals surface area contributed by atoms with E-state index in [1.807, 2.05) is 37.3 Å². The van der Waals surface area contributed by atoms with Crippen molar-refractivity contribution in [2.45, 2.75) is 39.7 Å². The van der Waals surface area contributed by atoms with Crippen molar-refractivity contribution < 1.29 is 19.0 Å². The van der Waals surface area contributed by atoms with Crippen molar-refractivity contribution in [1.29, 1.82) is 0 Å². The Morgan fingerprint density at radius 1 is 1.00 bits per heavy atom. The summed E-state index contributed by atoms with van der Waals surface area (Å²) in [5, 5.41) is 5.03. The molecule has 0 saturated carbocycles. The van der Waals surface area contributed by atoms with E-state index in [1.54, 1.807) is 44.4 Å². The van der Waals surface area contributed by atoms with Crippen LogP contribution in [0, 0.1) is 6.92 Å². The van der Waals surface area contributed by atoms with E-state index in [-0.39, 0.29) is 11.5 Å². The van der Waals surface area contributed by atoms with Gasteiger partial charge >= 0.3 is 5.97 Å². The molecule has 0 unspecified atom stereocenters. The highest BCUT2D eigenvalue weighted by atomic mass is 16.6. The summed E-state index contributed by atoms with van der Waals surface area (Å²) in [5.74, 6) is 1.32. The maximum atomic E-state index is 13.7. The van der Waals surface area contributed by atoms with Crippen molar-refractivity contribution in [3.8, 4) is 22.9 Å². The fraction of sp³-hybridized carbons (Fsp3) is 0.267. The van der Waals surface area contributed by atoms with Gasteiger partial charge in [-0.25, -0.2) is 9.78 Å². The predicted molar refractivity (Wildman–Crippen MR) is 148 cm³/mol. The van der Waals surface area contributed by atoms with E-state index in [4.69, 9.17) is 19.2 Å². The molecule has 38 heavy (non-hydrogen) atoms. The number of aromatic nitrogens is 2. The monoisotopic (exact) mass is 513 g/mol. The molecule has 0 spiro atoms. The SMILES string of the molecule is COC(=O)[C@H](C)Oc1ccccc1C=Nn1c(-c2cc(C(C)C)c(OC)cc2C)nc2ccccc2c1=O. The lowest BCUT2D eigenvalue weighted by molar-refractivity contribution is -0.147. The minimum Gasteiger partial charge on any atom is -0.496 e. The predicted octanol–water partition coefficient (Wildman–Crippen LogP) is 5.33. The number of benzene rings is 3. The Hall–Kier alpha value is -4.46. The number of carbonyl (C=O) groups is 1. The molecule has 0 bridgehead atoms. The Balaban J connectivity index is 1.90. The minimum absolute atomic E-state index is 0.189. The number of nitrogens with zero attached hydrogens (tertiary/aromatic N) is 3. The van der Waals surface area contributed by atoms with Crippen molar-refractivity contribution in [3.05, 3.63) is 87.7 Å². The number of esters is 1. The Labute approximate surface area is 221 Å². The number of fused-ring (bicyclic) bond motifs is 1. The summed E-state index contributed by atoms with van der Waals surface area (Å²) in [6.07, 6.45) is 0.717. The van der Waals surface area contributed by atoms with Gasteiger partial charge in [0.25, 0.3) is 5.56 Å². The first-order valence-electron chi connectivity index (χ1n) is 12.3. The third kappa shape index (κ3) is 5.29. The lowest BCUT2D eigenvalue weighted by atomic mass is 9.96. The molecule has 0 aliphatic heterocycles. The van der Waals surface area contributed by atoms with Gasteiger partial charge in [-0.05, 0) is 67.3 Å². The highest BCUT2D eigenvalue weighted by Crippen LogP contribution is 2.34. The van der Waals surface area contributed by atoms with Crippen LogP contribution in [-0.4, -0.2) is 42.2 Å². The smallest absolute Gasteiger partial charge is 0.346 e. The summed E-state index contributed by atoms with van der Waals surface area (Å²) >= 11 is 0. The summed E-state index contributed by atoms with van der Waals surface area (Å²) in [6.45, 7) is 7.73. The first-order valence-corrected chi connectivity index (χ1v) is 12.3. The number of aryl methyl sites for hydroxylation is 1. The molecule has 4 rings (SSSR count). The van der Waals surface area contributed by atoms with Crippen LogP contribution in [0.25, 0.3) is 22.3 Å². The van der Waals surface area contributed by atoms with Crippen LogP contribution < -0.4 is 15.0 Å². The van der Waals surface area contributed by atoms with Gasteiger partial charge in [0.05, 0.1) is 31.3 Å². The van der Waals surface area contributed by atoms with Crippen LogP contribution >= 0.6 is 0 Å². The van der Waals surface area contributed by atoms with E-state index >= 15 is 0 Å². The third-order valence-corrected chi connectivity index (χ3v) is 6.26. The van der Waals surface area contributed by atoms with Crippen molar-refractivity contribution in [1.82, 2.24) is 9.66 Å². The van der Waals surface area contributed by atoms with Gasteiger partial charge in [0.2, 0.25) is 0 Å².